The number of nitrogens with one attached hydrogen (secondary N) is 1. The number of hydrogen-bond acceptors (Lipinski definition) is 2. The number of fused-ring (bicyclic) bond motifs is 8. The van der Waals surface area contributed by atoms with Crippen molar-refractivity contribution in [1.29, 1.82) is 0 Å². The van der Waals surface area contributed by atoms with Gasteiger partial charge in [0.1, 0.15) is 11.2 Å². The summed E-state index contributed by atoms with van der Waals surface area (Å²) in [6.45, 7) is 0. The Bertz CT molecular complexity index is 3010. The van der Waals surface area contributed by atoms with Crippen molar-refractivity contribution < 1.29 is 4.42 Å². The van der Waals surface area contributed by atoms with Gasteiger partial charge in [0, 0.05) is 50.1 Å². The summed E-state index contributed by atoms with van der Waals surface area (Å²) in [6.07, 6.45) is 0. The monoisotopic (exact) mass is 662 g/mol. The van der Waals surface area contributed by atoms with Crippen LogP contribution in [0.25, 0.3) is 82.8 Å². The van der Waals surface area contributed by atoms with Crippen LogP contribution >= 0.6 is 0 Å². The maximum absolute atomic E-state index is 6.48. The lowest BCUT2D eigenvalue weighted by Gasteiger charge is -2.25. The highest BCUT2D eigenvalue weighted by atomic mass is 16.3. The van der Waals surface area contributed by atoms with E-state index in [2.05, 4.69) is 180 Å². The summed E-state index contributed by atoms with van der Waals surface area (Å²) in [6, 6.07) is 63.3. The number of rotatable bonds is 5. The molecule has 1 N–H and O–H groups in total. The molecule has 8 aromatic carbocycles. The van der Waals surface area contributed by atoms with Gasteiger partial charge in [0.15, 0.2) is 7.28 Å². The molecule has 3 heterocycles. The molecule has 0 radical (unpaired) electrons. The summed E-state index contributed by atoms with van der Waals surface area (Å²) >= 11 is 0. The van der Waals surface area contributed by atoms with E-state index in [1.165, 1.54) is 66.2 Å². The average Bonchev–Trinajstić information content (AvgIpc) is 3.75. The fourth-order valence-corrected chi connectivity index (χ4v) is 8.54. The van der Waals surface area contributed by atoms with E-state index in [4.69, 9.17) is 4.42 Å². The predicted molar refractivity (Wildman–Crippen MR) is 221 cm³/mol. The molecule has 3 nitrogen and oxygen atoms in total. The largest absolute Gasteiger partial charge is 0.456 e. The van der Waals surface area contributed by atoms with Gasteiger partial charge < -0.3 is 14.3 Å². The molecular formula is C48H31BN2O. The second-order valence-corrected chi connectivity index (χ2v) is 13.7. The second kappa shape index (κ2) is 11.4. The number of anilines is 2. The molecule has 4 heteroatoms. The number of hydrogen-bond donors (Lipinski definition) is 1. The standard InChI is InChI=1S/C48H31BN2O/c1-3-15-30(16-4-1)32-19-7-8-20-33(32)38-28-39(47-48-46(38)35-22-9-12-24-42(35)51(48)43-25-13-11-23-40(43)49-47)36-27-37-34-21-10-14-26-44(34)52-45(37)29-41(36)50-31-17-5-2-6-18-31/h1-29,49-50H. The molecule has 0 unspecified atom stereocenters. The first kappa shape index (κ1) is 29.0. The lowest BCUT2D eigenvalue weighted by molar-refractivity contribution is 0.669. The summed E-state index contributed by atoms with van der Waals surface area (Å²) in [4.78, 5) is 0. The van der Waals surface area contributed by atoms with Crippen molar-refractivity contribution >= 4 is 73.3 Å². The third-order valence-electron chi connectivity index (χ3n) is 10.8. The van der Waals surface area contributed by atoms with E-state index in [9.17, 15) is 0 Å². The molecule has 52 heavy (non-hydrogen) atoms. The number of aromatic nitrogens is 1. The Morgan fingerprint density at radius 2 is 1.17 bits per heavy atom. The molecule has 0 bridgehead atoms. The summed E-state index contributed by atoms with van der Waals surface area (Å²) in [5, 5.41) is 8.60. The van der Waals surface area contributed by atoms with Gasteiger partial charge in [-0.1, -0.05) is 133 Å². The van der Waals surface area contributed by atoms with E-state index in [1.54, 1.807) is 0 Å². The Morgan fingerprint density at radius 1 is 0.481 bits per heavy atom. The van der Waals surface area contributed by atoms with Gasteiger partial charge in [-0.3, -0.25) is 0 Å². The number of benzene rings is 8. The molecule has 0 amide bonds. The molecule has 0 saturated carbocycles. The van der Waals surface area contributed by atoms with Gasteiger partial charge >= 0.3 is 0 Å². The van der Waals surface area contributed by atoms with Crippen LogP contribution in [0.3, 0.4) is 0 Å². The van der Waals surface area contributed by atoms with Crippen molar-refractivity contribution in [3.63, 3.8) is 0 Å². The Morgan fingerprint density at radius 3 is 2.04 bits per heavy atom. The average molecular weight is 663 g/mol. The minimum Gasteiger partial charge on any atom is -0.456 e. The molecule has 0 atom stereocenters. The molecule has 0 fully saturated rings. The van der Waals surface area contributed by atoms with Crippen molar-refractivity contribution in [2.45, 2.75) is 0 Å². The van der Waals surface area contributed by atoms with Gasteiger partial charge in [0.25, 0.3) is 0 Å². The fourth-order valence-electron chi connectivity index (χ4n) is 8.54. The molecule has 2 aromatic heterocycles. The quantitative estimate of drug-likeness (QED) is 0.186. The van der Waals surface area contributed by atoms with Gasteiger partial charge in [-0.25, -0.2) is 0 Å². The molecular weight excluding hydrogens is 631 g/mol. The molecule has 1 aliphatic heterocycles. The number of furan rings is 1. The first-order valence-corrected chi connectivity index (χ1v) is 17.9. The van der Waals surface area contributed by atoms with Crippen molar-refractivity contribution in [2.75, 3.05) is 5.32 Å². The van der Waals surface area contributed by atoms with Crippen LogP contribution in [0.5, 0.6) is 0 Å². The van der Waals surface area contributed by atoms with E-state index in [0.29, 0.717) is 0 Å². The van der Waals surface area contributed by atoms with Crippen LogP contribution < -0.4 is 16.2 Å². The highest BCUT2D eigenvalue weighted by Gasteiger charge is 2.29. The maximum atomic E-state index is 6.48. The van der Waals surface area contributed by atoms with Crippen molar-refractivity contribution in [3.8, 4) is 39.1 Å². The SMILES string of the molecule is B1c2ccccc2-n2c3ccccc3c3c(-c4ccccc4-c4ccccc4)cc(-c4cc5c(cc4Nc4ccccc4)oc4ccccc45)c1c32. The Hall–Kier alpha value is -6.78. The van der Waals surface area contributed by atoms with Crippen molar-refractivity contribution in [1.82, 2.24) is 4.57 Å². The maximum Gasteiger partial charge on any atom is 0.198 e. The first-order chi connectivity index (χ1) is 25.8. The topological polar surface area (TPSA) is 30.1 Å². The normalized spacial score (nSPS) is 12.0. The Kier molecular flexibility index (Phi) is 6.35. The van der Waals surface area contributed by atoms with Crippen molar-refractivity contribution in [2.24, 2.45) is 0 Å². The zero-order valence-electron chi connectivity index (χ0n) is 28.3. The molecule has 11 rings (SSSR count). The summed E-state index contributed by atoms with van der Waals surface area (Å²) in [5.41, 5.74) is 17.4. The van der Waals surface area contributed by atoms with Crippen LogP contribution in [0.4, 0.5) is 11.4 Å². The van der Waals surface area contributed by atoms with Crippen LogP contribution in [-0.4, -0.2) is 11.8 Å². The molecule has 0 aliphatic carbocycles. The lowest BCUT2D eigenvalue weighted by Crippen LogP contribution is -2.37. The zero-order valence-corrected chi connectivity index (χ0v) is 28.3. The van der Waals surface area contributed by atoms with E-state index in [1.807, 2.05) is 6.07 Å². The van der Waals surface area contributed by atoms with Crippen LogP contribution in [0.15, 0.2) is 180 Å². The molecule has 10 aromatic rings. The highest BCUT2D eigenvalue weighted by Crippen LogP contribution is 2.46. The van der Waals surface area contributed by atoms with Gasteiger partial charge in [0.2, 0.25) is 0 Å². The number of nitrogens with zero attached hydrogens (tertiary/aromatic N) is 1. The highest BCUT2D eigenvalue weighted by molar-refractivity contribution is 6.73. The van der Waals surface area contributed by atoms with Gasteiger partial charge in [-0.15, -0.1) is 0 Å². The van der Waals surface area contributed by atoms with Gasteiger partial charge in [0.05, 0.1) is 11.2 Å². The molecule has 1 aliphatic rings. The van der Waals surface area contributed by atoms with E-state index < -0.39 is 0 Å². The van der Waals surface area contributed by atoms with Crippen molar-refractivity contribution in [3.05, 3.63) is 176 Å². The van der Waals surface area contributed by atoms with Crippen LogP contribution in [0.1, 0.15) is 0 Å². The third kappa shape index (κ3) is 4.34. The lowest BCUT2D eigenvalue weighted by atomic mass is 9.58. The predicted octanol–water partition coefficient (Wildman–Crippen LogP) is 11.1. The van der Waals surface area contributed by atoms with Crippen LogP contribution in [0, 0.1) is 0 Å². The fraction of sp³-hybridized carbons (Fsp3) is 0. The van der Waals surface area contributed by atoms with Gasteiger partial charge in [-0.05, 0) is 75.7 Å². The summed E-state index contributed by atoms with van der Waals surface area (Å²) < 4.78 is 9.00. The second-order valence-electron chi connectivity index (χ2n) is 13.7. The summed E-state index contributed by atoms with van der Waals surface area (Å²) in [7, 11) is 0.827. The number of para-hydroxylation sites is 4. The third-order valence-corrected chi connectivity index (χ3v) is 10.8. The first-order valence-electron chi connectivity index (χ1n) is 17.9. The summed E-state index contributed by atoms with van der Waals surface area (Å²) in [5.74, 6) is 0. The molecule has 0 saturated heterocycles. The smallest absolute Gasteiger partial charge is 0.198 e. The van der Waals surface area contributed by atoms with Gasteiger partial charge in [-0.2, -0.15) is 0 Å². The van der Waals surface area contributed by atoms with E-state index in [0.717, 1.165) is 46.2 Å². The van der Waals surface area contributed by atoms with Crippen LogP contribution in [0.2, 0.25) is 0 Å². The Balaban J connectivity index is 1.31. The minimum absolute atomic E-state index is 0.827. The zero-order chi connectivity index (χ0) is 34.2. The van der Waals surface area contributed by atoms with E-state index in [-0.39, 0.29) is 0 Å². The molecule has 0 spiro atoms. The Labute approximate surface area is 301 Å². The van der Waals surface area contributed by atoms with E-state index >= 15 is 0 Å². The minimum atomic E-state index is 0.827. The van der Waals surface area contributed by atoms with Crippen LogP contribution in [-0.2, 0) is 0 Å². The molecule has 242 valence electrons.